The second-order valence-corrected chi connectivity index (χ2v) is 6.31. The van der Waals surface area contributed by atoms with Crippen LogP contribution in [-0.2, 0) is 4.79 Å². The van der Waals surface area contributed by atoms with Crippen LogP contribution in [-0.4, -0.2) is 31.8 Å². The van der Waals surface area contributed by atoms with Crippen molar-refractivity contribution < 1.29 is 9.59 Å². The number of anilines is 1. The summed E-state index contributed by atoms with van der Waals surface area (Å²) in [5.74, 6) is -0.0174. The Hall–Kier alpha value is -2.14. The Balaban J connectivity index is 1.59. The molecule has 0 saturated heterocycles. The van der Waals surface area contributed by atoms with E-state index in [1.165, 1.54) is 17.0 Å². The first-order valence-electron chi connectivity index (χ1n) is 7.76. The minimum absolute atomic E-state index is 0.0407. The summed E-state index contributed by atoms with van der Waals surface area (Å²) in [4.78, 5) is 26.5. The Bertz CT molecular complexity index is 611. The maximum atomic E-state index is 11.8. The number of ketones is 1. The van der Waals surface area contributed by atoms with Gasteiger partial charge in [-0.2, -0.15) is 0 Å². The quantitative estimate of drug-likeness (QED) is 0.566. The van der Waals surface area contributed by atoms with Crippen molar-refractivity contribution in [3.8, 4) is 0 Å². The van der Waals surface area contributed by atoms with Crippen LogP contribution in [0, 0.1) is 0 Å². The first-order chi connectivity index (χ1) is 11.2. The van der Waals surface area contributed by atoms with Crippen LogP contribution >= 0.6 is 11.3 Å². The lowest BCUT2D eigenvalue weighted by Crippen LogP contribution is -2.28. The lowest BCUT2D eigenvalue weighted by Gasteiger charge is -2.19. The molecule has 2 rings (SSSR count). The Labute approximate surface area is 141 Å². The molecule has 5 heteroatoms. The molecule has 0 saturated carbocycles. The lowest BCUT2D eigenvalue weighted by molar-refractivity contribution is -0.121. The van der Waals surface area contributed by atoms with Crippen molar-refractivity contribution in [2.75, 3.05) is 25.0 Å². The van der Waals surface area contributed by atoms with Gasteiger partial charge in [-0.25, -0.2) is 0 Å². The molecule has 0 aliphatic carbocycles. The minimum Gasteiger partial charge on any atom is -0.375 e. The largest absolute Gasteiger partial charge is 0.375 e. The SMILES string of the molecule is CN(CCCNC(=O)CCC(=O)c1cccs1)c1ccccc1. The molecule has 1 heterocycles. The van der Waals surface area contributed by atoms with Gasteiger partial charge in [-0.1, -0.05) is 24.3 Å². The van der Waals surface area contributed by atoms with E-state index in [-0.39, 0.29) is 24.5 Å². The zero-order chi connectivity index (χ0) is 16.5. The topological polar surface area (TPSA) is 49.4 Å². The molecule has 122 valence electrons. The summed E-state index contributed by atoms with van der Waals surface area (Å²) in [5, 5.41) is 4.75. The molecule has 0 radical (unpaired) electrons. The van der Waals surface area contributed by atoms with E-state index in [1.807, 2.05) is 36.7 Å². The molecule has 0 unspecified atom stereocenters. The third-order valence-electron chi connectivity index (χ3n) is 3.56. The third kappa shape index (κ3) is 5.87. The van der Waals surface area contributed by atoms with Crippen molar-refractivity contribution in [2.24, 2.45) is 0 Å². The van der Waals surface area contributed by atoms with E-state index in [0.29, 0.717) is 6.54 Å². The smallest absolute Gasteiger partial charge is 0.220 e. The first kappa shape index (κ1) is 17.2. The van der Waals surface area contributed by atoms with Gasteiger partial charge in [0.1, 0.15) is 0 Å². The van der Waals surface area contributed by atoms with Gasteiger partial charge in [0.05, 0.1) is 4.88 Å². The van der Waals surface area contributed by atoms with Gasteiger partial charge < -0.3 is 10.2 Å². The van der Waals surface area contributed by atoms with Crippen molar-refractivity contribution in [1.29, 1.82) is 0 Å². The maximum absolute atomic E-state index is 11.8. The fourth-order valence-corrected chi connectivity index (χ4v) is 2.93. The highest BCUT2D eigenvalue weighted by molar-refractivity contribution is 7.12. The Morgan fingerprint density at radius 3 is 2.57 bits per heavy atom. The van der Waals surface area contributed by atoms with Crippen molar-refractivity contribution in [2.45, 2.75) is 19.3 Å². The predicted molar refractivity (Wildman–Crippen MR) is 95.2 cm³/mol. The summed E-state index contributed by atoms with van der Waals surface area (Å²) in [7, 11) is 2.04. The molecule has 23 heavy (non-hydrogen) atoms. The van der Waals surface area contributed by atoms with Crippen LogP contribution in [0.3, 0.4) is 0 Å². The number of para-hydroxylation sites is 1. The van der Waals surface area contributed by atoms with Crippen LogP contribution in [0.15, 0.2) is 47.8 Å². The van der Waals surface area contributed by atoms with Crippen molar-refractivity contribution in [1.82, 2.24) is 5.32 Å². The maximum Gasteiger partial charge on any atom is 0.220 e. The summed E-state index contributed by atoms with van der Waals surface area (Å²) in [6.07, 6.45) is 1.40. The molecule has 0 bridgehead atoms. The zero-order valence-corrected chi connectivity index (χ0v) is 14.1. The molecule has 1 amide bonds. The number of nitrogens with one attached hydrogen (secondary N) is 1. The van der Waals surface area contributed by atoms with Gasteiger partial charge in [0, 0.05) is 38.7 Å². The monoisotopic (exact) mass is 330 g/mol. The van der Waals surface area contributed by atoms with Gasteiger partial charge in [0.15, 0.2) is 5.78 Å². The number of nitrogens with zero attached hydrogens (tertiary/aromatic N) is 1. The normalized spacial score (nSPS) is 10.3. The summed E-state index contributed by atoms with van der Waals surface area (Å²) in [6, 6.07) is 13.8. The average Bonchev–Trinajstić information content (AvgIpc) is 3.12. The van der Waals surface area contributed by atoms with Gasteiger partial charge in [-0.05, 0) is 30.0 Å². The summed E-state index contributed by atoms with van der Waals surface area (Å²) >= 11 is 1.42. The number of rotatable bonds is 9. The van der Waals surface area contributed by atoms with E-state index in [4.69, 9.17) is 0 Å². The standard InChI is InChI=1S/C18H22N2O2S/c1-20(15-7-3-2-4-8-15)13-6-12-19-18(22)11-10-16(21)17-9-5-14-23-17/h2-5,7-9,14H,6,10-13H2,1H3,(H,19,22). The van der Waals surface area contributed by atoms with Crippen LogP contribution in [0.1, 0.15) is 28.9 Å². The van der Waals surface area contributed by atoms with Crippen molar-refractivity contribution in [3.05, 3.63) is 52.7 Å². The highest BCUT2D eigenvalue weighted by atomic mass is 32.1. The molecular formula is C18H22N2O2S. The van der Waals surface area contributed by atoms with E-state index in [2.05, 4.69) is 22.3 Å². The van der Waals surface area contributed by atoms with E-state index in [9.17, 15) is 9.59 Å². The van der Waals surface area contributed by atoms with E-state index in [0.717, 1.165) is 17.8 Å². The number of amides is 1. The number of hydrogen-bond acceptors (Lipinski definition) is 4. The van der Waals surface area contributed by atoms with Crippen LogP contribution in [0.4, 0.5) is 5.69 Å². The second kappa shape index (κ2) is 9.10. The number of hydrogen-bond donors (Lipinski definition) is 1. The fourth-order valence-electron chi connectivity index (χ4n) is 2.23. The molecule has 1 aromatic heterocycles. The van der Waals surface area contributed by atoms with Gasteiger partial charge in [-0.15, -0.1) is 11.3 Å². The average molecular weight is 330 g/mol. The van der Waals surface area contributed by atoms with Crippen LogP contribution in [0.25, 0.3) is 0 Å². The molecule has 2 aromatic rings. The molecule has 0 spiro atoms. The van der Waals surface area contributed by atoms with Gasteiger partial charge in [0.25, 0.3) is 0 Å². The predicted octanol–water partition coefficient (Wildman–Crippen LogP) is 3.35. The molecule has 0 atom stereocenters. The Morgan fingerprint density at radius 2 is 1.87 bits per heavy atom. The summed E-state index contributed by atoms with van der Waals surface area (Å²) in [6.45, 7) is 1.50. The minimum atomic E-state index is -0.0581. The number of carbonyl (C=O) groups is 2. The number of thiophene rings is 1. The lowest BCUT2D eigenvalue weighted by atomic mass is 10.2. The van der Waals surface area contributed by atoms with Gasteiger partial charge in [0.2, 0.25) is 5.91 Å². The van der Waals surface area contributed by atoms with E-state index in [1.54, 1.807) is 6.07 Å². The van der Waals surface area contributed by atoms with E-state index < -0.39 is 0 Å². The fraction of sp³-hybridized carbons (Fsp3) is 0.333. The summed E-state index contributed by atoms with van der Waals surface area (Å²) in [5.41, 5.74) is 1.17. The van der Waals surface area contributed by atoms with E-state index >= 15 is 0 Å². The Kier molecular flexibility index (Phi) is 6.81. The number of carbonyl (C=O) groups excluding carboxylic acids is 2. The molecule has 0 fully saturated rings. The number of Topliss-reactive ketones (excluding diaryl/α,β-unsaturated/α-hetero) is 1. The van der Waals surface area contributed by atoms with Crippen LogP contribution < -0.4 is 10.2 Å². The van der Waals surface area contributed by atoms with Crippen molar-refractivity contribution >= 4 is 28.7 Å². The van der Waals surface area contributed by atoms with Crippen molar-refractivity contribution in [3.63, 3.8) is 0 Å². The number of benzene rings is 1. The van der Waals surface area contributed by atoms with Crippen LogP contribution in [0.5, 0.6) is 0 Å². The molecule has 4 nitrogen and oxygen atoms in total. The molecule has 0 aliphatic heterocycles. The highest BCUT2D eigenvalue weighted by Gasteiger charge is 2.09. The molecule has 0 aliphatic rings. The summed E-state index contributed by atoms with van der Waals surface area (Å²) < 4.78 is 0. The molecule has 1 aromatic carbocycles. The third-order valence-corrected chi connectivity index (χ3v) is 4.48. The van der Waals surface area contributed by atoms with Crippen LogP contribution in [0.2, 0.25) is 0 Å². The Morgan fingerprint density at radius 1 is 1.09 bits per heavy atom. The molecular weight excluding hydrogens is 308 g/mol. The molecule has 1 N–H and O–H groups in total. The zero-order valence-electron chi connectivity index (χ0n) is 13.3. The first-order valence-corrected chi connectivity index (χ1v) is 8.64. The van der Waals surface area contributed by atoms with Gasteiger partial charge in [-0.3, -0.25) is 9.59 Å². The van der Waals surface area contributed by atoms with Gasteiger partial charge >= 0.3 is 0 Å². The second-order valence-electron chi connectivity index (χ2n) is 5.36. The highest BCUT2D eigenvalue weighted by Crippen LogP contribution is 2.12.